The maximum absolute atomic E-state index is 14.1. The summed E-state index contributed by atoms with van der Waals surface area (Å²) in [7, 11) is -3.61. The van der Waals surface area contributed by atoms with Gasteiger partial charge in [-0.1, -0.05) is 0 Å². The highest BCUT2D eigenvalue weighted by molar-refractivity contribution is 7.92. The third kappa shape index (κ3) is 3.80. The molecule has 0 radical (unpaired) electrons. The van der Waals surface area contributed by atoms with E-state index in [1.54, 1.807) is 0 Å². The van der Waals surface area contributed by atoms with Gasteiger partial charge in [-0.3, -0.25) is 19.3 Å². The van der Waals surface area contributed by atoms with Crippen LogP contribution in [0.5, 0.6) is 0 Å². The molecule has 2 heterocycles. The molecule has 7 nitrogen and oxygen atoms in total. The molecule has 23 heavy (non-hydrogen) atoms. The number of ether oxygens (including phenoxy) is 1. The topological polar surface area (TPSA) is 93.2 Å². The molecule has 1 saturated heterocycles. The summed E-state index contributed by atoms with van der Waals surface area (Å²) in [6, 6.07) is 5.15. The third-order valence-electron chi connectivity index (χ3n) is 3.52. The van der Waals surface area contributed by atoms with Gasteiger partial charge in [-0.2, -0.15) is 0 Å². The van der Waals surface area contributed by atoms with Crippen LogP contribution in [-0.2, 0) is 14.8 Å². The lowest BCUT2D eigenvalue weighted by Gasteiger charge is -2.13. The zero-order valence-corrected chi connectivity index (χ0v) is 13.0. The van der Waals surface area contributed by atoms with E-state index in [-0.39, 0.29) is 28.8 Å². The summed E-state index contributed by atoms with van der Waals surface area (Å²) in [4.78, 5) is 11.1. The van der Waals surface area contributed by atoms with Crippen LogP contribution >= 0.6 is 0 Å². The van der Waals surface area contributed by atoms with E-state index in [9.17, 15) is 17.6 Å². The molecule has 1 fully saturated rings. The molecule has 0 aliphatic carbocycles. The zero-order chi connectivity index (χ0) is 16.4. The van der Waals surface area contributed by atoms with Gasteiger partial charge in [0.2, 0.25) is 10.0 Å². The minimum absolute atomic E-state index is 0.120. The number of anilines is 1. The fourth-order valence-electron chi connectivity index (χ4n) is 2.48. The molecule has 124 valence electrons. The molecule has 1 unspecified atom stereocenters. The first-order chi connectivity index (χ1) is 10.9. The molecule has 1 aliphatic heterocycles. The molecule has 3 rings (SSSR count). The van der Waals surface area contributed by atoms with Gasteiger partial charge in [0.05, 0.1) is 23.2 Å². The minimum Gasteiger partial charge on any atom is -0.377 e. The number of rotatable bonds is 5. The Hall–Kier alpha value is -2.13. The second-order valence-corrected chi connectivity index (χ2v) is 7.11. The van der Waals surface area contributed by atoms with Gasteiger partial charge < -0.3 is 4.74 Å². The molecule has 0 spiro atoms. The number of aromatic nitrogens is 2. The quantitative estimate of drug-likeness (QED) is 0.855. The van der Waals surface area contributed by atoms with Crippen molar-refractivity contribution in [1.82, 2.24) is 9.78 Å². The van der Waals surface area contributed by atoms with Gasteiger partial charge in [0, 0.05) is 24.9 Å². The highest BCUT2D eigenvalue weighted by Crippen LogP contribution is 2.20. The molecular weight excluding hydrogens is 325 g/mol. The maximum Gasteiger partial charge on any atom is 0.264 e. The molecular formula is C14H16FN3O4S. The van der Waals surface area contributed by atoms with Gasteiger partial charge in [0.15, 0.2) is 5.82 Å². The number of aromatic amines is 1. The largest absolute Gasteiger partial charge is 0.377 e. The summed E-state index contributed by atoms with van der Waals surface area (Å²) in [5.41, 5.74) is -0.112. The first kappa shape index (κ1) is 15.8. The van der Waals surface area contributed by atoms with E-state index in [0.29, 0.717) is 13.0 Å². The number of hydrogen-bond donors (Lipinski definition) is 2. The molecule has 1 aromatic carbocycles. The van der Waals surface area contributed by atoms with Crippen molar-refractivity contribution in [2.24, 2.45) is 0 Å². The Bertz CT molecular complexity index is 853. The first-order valence-corrected chi connectivity index (χ1v) is 8.78. The molecule has 0 saturated carbocycles. The van der Waals surface area contributed by atoms with Crippen LogP contribution in [-0.4, -0.2) is 36.7 Å². The summed E-state index contributed by atoms with van der Waals surface area (Å²) in [5, 5.41) is 2.42. The molecule has 9 heteroatoms. The summed E-state index contributed by atoms with van der Waals surface area (Å²) >= 11 is 0. The second kappa shape index (κ2) is 6.17. The van der Waals surface area contributed by atoms with E-state index in [0.717, 1.165) is 12.5 Å². The second-order valence-electron chi connectivity index (χ2n) is 5.35. The van der Waals surface area contributed by atoms with E-state index in [4.69, 9.17) is 4.74 Å². The number of sulfonamides is 1. The highest BCUT2D eigenvalue weighted by atomic mass is 32.2. The highest BCUT2D eigenvalue weighted by Gasteiger charge is 2.23. The summed E-state index contributed by atoms with van der Waals surface area (Å²) in [5.74, 6) is -0.810. The van der Waals surface area contributed by atoms with E-state index in [1.807, 2.05) is 0 Å². The number of benzene rings is 1. The minimum atomic E-state index is -3.61. The monoisotopic (exact) mass is 341 g/mol. The molecule has 1 aliphatic rings. The van der Waals surface area contributed by atoms with Gasteiger partial charge in [0.1, 0.15) is 0 Å². The van der Waals surface area contributed by atoms with Crippen molar-refractivity contribution in [2.75, 3.05) is 17.1 Å². The van der Waals surface area contributed by atoms with Crippen LogP contribution in [0.1, 0.15) is 12.8 Å². The Morgan fingerprint density at radius 2 is 2.22 bits per heavy atom. The van der Waals surface area contributed by atoms with Crippen molar-refractivity contribution < 1.29 is 17.5 Å². The third-order valence-corrected chi connectivity index (χ3v) is 4.87. The fraction of sp³-hybridized carbons (Fsp3) is 0.357. The lowest BCUT2D eigenvalue weighted by Crippen LogP contribution is -2.25. The van der Waals surface area contributed by atoms with E-state index in [1.165, 1.54) is 29.1 Å². The lowest BCUT2D eigenvalue weighted by atomic mass is 10.3. The Morgan fingerprint density at radius 1 is 1.39 bits per heavy atom. The maximum atomic E-state index is 14.1. The predicted molar refractivity (Wildman–Crippen MR) is 82.7 cm³/mol. The molecule has 0 amide bonds. The smallest absolute Gasteiger partial charge is 0.264 e. The van der Waals surface area contributed by atoms with E-state index < -0.39 is 15.8 Å². The number of nitrogens with one attached hydrogen (secondary N) is 2. The van der Waals surface area contributed by atoms with E-state index >= 15 is 0 Å². The van der Waals surface area contributed by atoms with Gasteiger partial charge in [0.25, 0.3) is 5.56 Å². The van der Waals surface area contributed by atoms with Crippen molar-refractivity contribution >= 4 is 15.7 Å². The average molecular weight is 341 g/mol. The molecule has 0 bridgehead atoms. The average Bonchev–Trinajstić information content (AvgIpc) is 3.09. The predicted octanol–water partition coefficient (Wildman–Crippen LogP) is 1.23. The Morgan fingerprint density at radius 3 is 2.83 bits per heavy atom. The van der Waals surface area contributed by atoms with Crippen LogP contribution in [0.3, 0.4) is 0 Å². The van der Waals surface area contributed by atoms with Crippen LogP contribution < -0.4 is 10.3 Å². The van der Waals surface area contributed by atoms with Crippen LogP contribution in [0.4, 0.5) is 10.1 Å². The Kier molecular flexibility index (Phi) is 4.22. The van der Waals surface area contributed by atoms with Gasteiger partial charge >= 0.3 is 0 Å². The molecule has 1 aromatic heterocycles. The van der Waals surface area contributed by atoms with Crippen molar-refractivity contribution in [3.63, 3.8) is 0 Å². The fourth-order valence-corrected chi connectivity index (χ4v) is 3.81. The van der Waals surface area contributed by atoms with Crippen LogP contribution in [0.25, 0.3) is 5.69 Å². The molecule has 2 aromatic rings. The van der Waals surface area contributed by atoms with Crippen molar-refractivity contribution in [1.29, 1.82) is 0 Å². The standard InChI is InChI=1S/C14H16FN3O4S/c15-12-8-10(3-4-13(12)18-6-5-14(19)16-18)17-23(20,21)9-11-2-1-7-22-11/h3-6,8,11,17H,1-2,7,9H2,(H,16,19). The SMILES string of the molecule is O=c1ccn(-c2ccc(NS(=O)(=O)CC3CCCO3)cc2F)[nH]1. The van der Waals surface area contributed by atoms with E-state index in [2.05, 4.69) is 9.82 Å². The number of H-pyrrole nitrogens is 1. The summed E-state index contributed by atoms with van der Waals surface area (Å²) in [6.45, 7) is 0.568. The summed E-state index contributed by atoms with van der Waals surface area (Å²) in [6.07, 6.45) is 2.62. The van der Waals surface area contributed by atoms with Crippen molar-refractivity contribution in [3.05, 3.63) is 46.6 Å². The lowest BCUT2D eigenvalue weighted by molar-refractivity contribution is 0.127. The number of halogens is 1. The normalized spacial score (nSPS) is 18.2. The number of nitrogens with zero attached hydrogens (tertiary/aromatic N) is 1. The van der Waals surface area contributed by atoms with Gasteiger partial charge in [-0.25, -0.2) is 12.8 Å². The molecule has 2 N–H and O–H groups in total. The van der Waals surface area contributed by atoms with Gasteiger partial charge in [-0.05, 0) is 25.0 Å². The van der Waals surface area contributed by atoms with Crippen molar-refractivity contribution in [3.8, 4) is 5.69 Å². The zero-order valence-electron chi connectivity index (χ0n) is 12.2. The first-order valence-electron chi connectivity index (χ1n) is 7.13. The van der Waals surface area contributed by atoms with Crippen molar-refractivity contribution in [2.45, 2.75) is 18.9 Å². The molecule has 1 atom stereocenters. The number of hydrogen-bond acceptors (Lipinski definition) is 4. The Balaban J connectivity index is 1.76. The summed E-state index contributed by atoms with van der Waals surface area (Å²) < 4.78 is 47.1. The Labute approximate surface area is 132 Å². The van der Waals surface area contributed by atoms with Gasteiger partial charge in [-0.15, -0.1) is 0 Å². The van der Waals surface area contributed by atoms with Crippen LogP contribution in [0.15, 0.2) is 35.3 Å². The van der Waals surface area contributed by atoms with Crippen LogP contribution in [0.2, 0.25) is 0 Å². The van der Waals surface area contributed by atoms with Crippen LogP contribution in [0, 0.1) is 5.82 Å².